The highest BCUT2D eigenvalue weighted by atomic mass is 19.1. The summed E-state index contributed by atoms with van der Waals surface area (Å²) < 4.78 is 18.5. The molecule has 2 heterocycles. The second kappa shape index (κ2) is 7.19. The molecule has 0 saturated carbocycles. The van der Waals surface area contributed by atoms with Gasteiger partial charge >= 0.3 is 6.03 Å². The summed E-state index contributed by atoms with van der Waals surface area (Å²) >= 11 is 0. The Morgan fingerprint density at radius 1 is 1.22 bits per heavy atom. The maximum absolute atomic E-state index is 13.2. The normalized spacial score (nSPS) is 14.6. The summed E-state index contributed by atoms with van der Waals surface area (Å²) in [6.45, 7) is 2.58. The topological polar surface area (TPSA) is 45.7 Å². The Balaban J connectivity index is 1.85. The van der Waals surface area contributed by atoms with Crippen molar-refractivity contribution in [1.82, 2.24) is 9.88 Å². The molecule has 1 aliphatic heterocycles. The summed E-state index contributed by atoms with van der Waals surface area (Å²) in [5, 5.41) is 0. The van der Waals surface area contributed by atoms with Crippen LogP contribution in [0.4, 0.5) is 14.9 Å². The summed E-state index contributed by atoms with van der Waals surface area (Å²) in [5.41, 5.74) is 1.57. The SMILES string of the molecule is O=C(N1CCOCC1)N(Cc1cccnc1)c1ccc(F)cc1. The summed E-state index contributed by atoms with van der Waals surface area (Å²) in [6.07, 6.45) is 3.42. The van der Waals surface area contributed by atoms with E-state index in [2.05, 4.69) is 4.98 Å². The number of halogens is 1. The Morgan fingerprint density at radius 3 is 2.61 bits per heavy atom. The first-order chi connectivity index (χ1) is 11.2. The second-order valence-corrected chi connectivity index (χ2v) is 5.31. The van der Waals surface area contributed by atoms with Gasteiger partial charge in [-0.2, -0.15) is 0 Å². The standard InChI is InChI=1S/C17H18FN3O2/c18-15-3-5-16(6-4-15)21(13-14-2-1-7-19-12-14)17(22)20-8-10-23-11-9-20/h1-7,12H,8-11,13H2. The average Bonchev–Trinajstić information content (AvgIpc) is 2.62. The highest BCUT2D eigenvalue weighted by Crippen LogP contribution is 2.20. The molecule has 0 aliphatic carbocycles. The van der Waals surface area contributed by atoms with Gasteiger partial charge in [0, 0.05) is 31.2 Å². The average molecular weight is 315 g/mol. The lowest BCUT2D eigenvalue weighted by Crippen LogP contribution is -2.48. The van der Waals surface area contributed by atoms with E-state index in [-0.39, 0.29) is 11.8 Å². The second-order valence-electron chi connectivity index (χ2n) is 5.31. The van der Waals surface area contributed by atoms with Crippen LogP contribution in [0.5, 0.6) is 0 Å². The lowest BCUT2D eigenvalue weighted by molar-refractivity contribution is 0.0548. The molecule has 0 unspecified atom stereocenters. The Hall–Kier alpha value is -2.47. The van der Waals surface area contributed by atoms with Gasteiger partial charge in [-0.15, -0.1) is 0 Å². The molecule has 1 aromatic carbocycles. The number of ether oxygens (including phenoxy) is 1. The minimum Gasteiger partial charge on any atom is -0.378 e. The van der Waals surface area contributed by atoms with Crippen molar-refractivity contribution in [3.63, 3.8) is 0 Å². The summed E-state index contributed by atoms with van der Waals surface area (Å²) in [6, 6.07) is 9.58. The van der Waals surface area contributed by atoms with Gasteiger partial charge in [-0.25, -0.2) is 9.18 Å². The van der Waals surface area contributed by atoms with Crippen molar-refractivity contribution in [1.29, 1.82) is 0 Å². The minimum absolute atomic E-state index is 0.108. The number of anilines is 1. The number of amides is 2. The largest absolute Gasteiger partial charge is 0.378 e. The molecule has 0 N–H and O–H groups in total. The monoisotopic (exact) mass is 315 g/mol. The number of pyridine rings is 1. The molecule has 23 heavy (non-hydrogen) atoms. The Bertz CT molecular complexity index is 643. The van der Waals surface area contributed by atoms with E-state index in [9.17, 15) is 9.18 Å². The van der Waals surface area contributed by atoms with Crippen molar-refractivity contribution in [2.24, 2.45) is 0 Å². The van der Waals surface area contributed by atoms with Crippen molar-refractivity contribution in [2.75, 3.05) is 31.2 Å². The third kappa shape index (κ3) is 3.84. The molecule has 2 aromatic rings. The van der Waals surface area contributed by atoms with Crippen molar-refractivity contribution < 1.29 is 13.9 Å². The highest BCUT2D eigenvalue weighted by molar-refractivity contribution is 5.92. The van der Waals surface area contributed by atoms with Crippen LogP contribution in [-0.4, -0.2) is 42.2 Å². The minimum atomic E-state index is -0.325. The Kier molecular flexibility index (Phi) is 4.83. The zero-order valence-electron chi connectivity index (χ0n) is 12.7. The van der Waals surface area contributed by atoms with Crippen LogP contribution < -0.4 is 4.90 Å². The first kappa shape index (κ1) is 15.4. The molecule has 120 valence electrons. The van der Waals surface area contributed by atoms with Gasteiger partial charge in [-0.3, -0.25) is 9.88 Å². The molecular formula is C17H18FN3O2. The summed E-state index contributed by atoms with van der Waals surface area (Å²) in [5.74, 6) is -0.325. The third-order valence-electron chi connectivity index (χ3n) is 3.71. The zero-order valence-corrected chi connectivity index (χ0v) is 12.7. The number of aromatic nitrogens is 1. The van der Waals surface area contributed by atoms with E-state index in [0.717, 1.165) is 5.56 Å². The van der Waals surface area contributed by atoms with Crippen molar-refractivity contribution in [3.8, 4) is 0 Å². The lowest BCUT2D eigenvalue weighted by Gasteiger charge is -2.33. The molecule has 1 saturated heterocycles. The molecule has 1 fully saturated rings. The third-order valence-corrected chi connectivity index (χ3v) is 3.71. The molecule has 3 rings (SSSR count). The zero-order chi connectivity index (χ0) is 16.1. The van der Waals surface area contributed by atoms with Crippen LogP contribution in [0.25, 0.3) is 0 Å². The summed E-state index contributed by atoms with van der Waals surface area (Å²) in [7, 11) is 0. The van der Waals surface area contributed by atoms with Crippen molar-refractivity contribution >= 4 is 11.7 Å². The van der Waals surface area contributed by atoms with E-state index in [1.54, 1.807) is 34.3 Å². The number of carbonyl (C=O) groups is 1. The molecule has 1 aliphatic rings. The Labute approximate surface area is 134 Å². The number of nitrogens with zero attached hydrogens (tertiary/aromatic N) is 3. The van der Waals surface area contributed by atoms with Crippen molar-refractivity contribution in [3.05, 3.63) is 60.2 Å². The van der Waals surface area contributed by atoms with Crippen LogP contribution in [-0.2, 0) is 11.3 Å². The molecule has 5 nitrogen and oxygen atoms in total. The predicted octanol–water partition coefficient (Wildman–Crippen LogP) is 2.68. The van der Waals surface area contributed by atoms with E-state index in [1.165, 1.54) is 12.1 Å². The molecule has 0 atom stereocenters. The molecule has 6 heteroatoms. The fraction of sp³-hybridized carbons (Fsp3) is 0.294. The maximum Gasteiger partial charge on any atom is 0.324 e. The van der Waals surface area contributed by atoms with Gasteiger partial charge in [0.15, 0.2) is 0 Å². The van der Waals surface area contributed by atoms with E-state index < -0.39 is 0 Å². The number of hydrogen-bond donors (Lipinski definition) is 0. The number of benzene rings is 1. The fourth-order valence-electron chi connectivity index (χ4n) is 2.49. The van der Waals surface area contributed by atoms with Gasteiger partial charge in [-0.1, -0.05) is 6.07 Å². The van der Waals surface area contributed by atoms with Gasteiger partial charge in [0.2, 0.25) is 0 Å². The number of hydrogen-bond acceptors (Lipinski definition) is 3. The first-order valence-corrected chi connectivity index (χ1v) is 7.53. The van der Waals surface area contributed by atoms with E-state index in [1.807, 2.05) is 12.1 Å². The highest BCUT2D eigenvalue weighted by Gasteiger charge is 2.24. The Morgan fingerprint density at radius 2 is 1.96 bits per heavy atom. The fourth-order valence-corrected chi connectivity index (χ4v) is 2.49. The number of urea groups is 1. The maximum atomic E-state index is 13.2. The van der Waals surface area contributed by atoms with Gasteiger partial charge in [-0.05, 0) is 35.9 Å². The molecular weight excluding hydrogens is 297 g/mol. The molecule has 0 bridgehead atoms. The van der Waals surface area contributed by atoms with Crippen molar-refractivity contribution in [2.45, 2.75) is 6.54 Å². The number of rotatable bonds is 3. The first-order valence-electron chi connectivity index (χ1n) is 7.53. The molecule has 1 aromatic heterocycles. The van der Waals surface area contributed by atoms with Crippen LogP contribution in [0.2, 0.25) is 0 Å². The van der Waals surface area contributed by atoms with Gasteiger partial charge in [0.25, 0.3) is 0 Å². The van der Waals surface area contributed by atoms with Crippen LogP contribution in [0, 0.1) is 5.82 Å². The predicted molar refractivity (Wildman–Crippen MR) is 84.6 cm³/mol. The number of morpholine rings is 1. The molecule has 0 spiro atoms. The summed E-state index contributed by atoms with van der Waals surface area (Å²) in [4.78, 5) is 20.3. The van der Waals surface area contributed by atoms with Gasteiger partial charge < -0.3 is 9.64 Å². The quantitative estimate of drug-likeness (QED) is 0.875. The van der Waals surface area contributed by atoms with E-state index >= 15 is 0 Å². The van der Waals surface area contributed by atoms with Gasteiger partial charge in [0.1, 0.15) is 5.82 Å². The lowest BCUT2D eigenvalue weighted by atomic mass is 10.2. The van der Waals surface area contributed by atoms with Crippen LogP contribution in [0.1, 0.15) is 5.56 Å². The van der Waals surface area contributed by atoms with Crippen LogP contribution >= 0.6 is 0 Å². The smallest absolute Gasteiger partial charge is 0.324 e. The molecule has 2 amide bonds. The van der Waals surface area contributed by atoms with Crippen LogP contribution in [0.15, 0.2) is 48.8 Å². The van der Waals surface area contributed by atoms with Gasteiger partial charge in [0.05, 0.1) is 19.8 Å². The van der Waals surface area contributed by atoms with Crippen LogP contribution in [0.3, 0.4) is 0 Å². The van der Waals surface area contributed by atoms with E-state index in [0.29, 0.717) is 38.5 Å². The van der Waals surface area contributed by atoms with E-state index in [4.69, 9.17) is 4.74 Å². The number of carbonyl (C=O) groups excluding carboxylic acids is 1. The molecule has 0 radical (unpaired) electrons.